The lowest BCUT2D eigenvalue weighted by atomic mass is 10.2. The van der Waals surface area contributed by atoms with Crippen LogP contribution in [0.2, 0.25) is 10.0 Å². The summed E-state index contributed by atoms with van der Waals surface area (Å²) in [5.74, 6) is 0. The highest BCUT2D eigenvalue weighted by atomic mass is 79.9. The highest BCUT2D eigenvalue weighted by Crippen LogP contribution is 2.30. The number of halogens is 3. The predicted octanol–water partition coefficient (Wildman–Crippen LogP) is 6.12. The zero-order valence-electron chi connectivity index (χ0n) is 9.98. The van der Waals surface area contributed by atoms with Crippen LogP contribution in [0.5, 0.6) is 0 Å². The molecular weight excluding hydrogens is 379 g/mol. The summed E-state index contributed by atoms with van der Waals surface area (Å²) in [6.07, 6.45) is 1.65. The van der Waals surface area contributed by atoms with Gasteiger partial charge in [0.25, 0.3) is 0 Å². The van der Waals surface area contributed by atoms with E-state index in [2.05, 4.69) is 25.9 Å². The minimum absolute atomic E-state index is 0.574. The van der Waals surface area contributed by atoms with Crippen molar-refractivity contribution in [1.29, 1.82) is 0 Å². The molecule has 0 aliphatic rings. The molecule has 0 spiro atoms. The molecule has 0 aliphatic carbocycles. The molecule has 0 saturated heterocycles. The largest absolute Gasteiger partial charge is 0.227 e. The Morgan fingerprint density at radius 2 is 1.90 bits per heavy atom. The number of thiazole rings is 1. The molecule has 1 heterocycles. The molecule has 0 unspecified atom stereocenters. The van der Waals surface area contributed by atoms with Crippen LogP contribution in [0.15, 0.2) is 45.9 Å². The first-order valence-corrected chi connectivity index (χ1v) is 8.04. The molecule has 0 saturated carbocycles. The van der Waals surface area contributed by atoms with Crippen molar-refractivity contribution in [3.8, 4) is 0 Å². The van der Waals surface area contributed by atoms with Gasteiger partial charge in [-0.3, -0.25) is 0 Å². The number of nitrogens with zero attached hydrogens (tertiary/aromatic N) is 2. The summed E-state index contributed by atoms with van der Waals surface area (Å²) in [4.78, 5) is 8.81. The van der Waals surface area contributed by atoms with Gasteiger partial charge in [-0.15, -0.1) is 0 Å². The first kappa shape index (κ1) is 14.0. The molecule has 1 aromatic heterocycles. The lowest BCUT2D eigenvalue weighted by Crippen LogP contribution is -1.84. The molecular formula is C14H7BrCl2N2S. The van der Waals surface area contributed by atoms with Crippen molar-refractivity contribution in [3.63, 3.8) is 0 Å². The number of aromatic nitrogens is 1. The molecule has 0 amide bonds. The van der Waals surface area contributed by atoms with Crippen LogP contribution in [0, 0.1) is 0 Å². The fourth-order valence-corrected chi connectivity index (χ4v) is 3.55. The van der Waals surface area contributed by atoms with Gasteiger partial charge in [-0.2, -0.15) is 0 Å². The average molecular weight is 386 g/mol. The summed E-state index contributed by atoms with van der Waals surface area (Å²) in [5, 5.41) is 1.82. The van der Waals surface area contributed by atoms with E-state index in [0.717, 1.165) is 14.7 Å². The monoisotopic (exact) mass is 384 g/mol. The van der Waals surface area contributed by atoms with Crippen molar-refractivity contribution in [2.45, 2.75) is 0 Å². The van der Waals surface area contributed by atoms with Crippen LogP contribution in [0.25, 0.3) is 10.2 Å². The van der Waals surface area contributed by atoms with E-state index in [9.17, 15) is 0 Å². The molecule has 0 radical (unpaired) electrons. The maximum atomic E-state index is 6.10. The molecule has 3 rings (SSSR count). The summed E-state index contributed by atoms with van der Waals surface area (Å²) in [5.41, 5.74) is 1.63. The number of hydrogen-bond acceptors (Lipinski definition) is 3. The number of rotatable bonds is 2. The van der Waals surface area contributed by atoms with Crippen LogP contribution in [-0.2, 0) is 0 Å². The smallest absolute Gasteiger partial charge is 0.210 e. The average Bonchev–Trinajstić information content (AvgIpc) is 2.80. The fourth-order valence-electron chi connectivity index (χ4n) is 1.70. The standard InChI is InChI=1S/C14H7BrCl2N2S/c15-8-4-5-12-13(6-8)20-14(19-12)18-7-9-10(16)2-1-3-11(9)17/h1-7H/b18-7+. The molecule has 0 aliphatic heterocycles. The van der Waals surface area contributed by atoms with Crippen LogP contribution >= 0.6 is 50.5 Å². The maximum absolute atomic E-state index is 6.10. The number of benzene rings is 2. The minimum atomic E-state index is 0.574. The van der Waals surface area contributed by atoms with Gasteiger partial charge >= 0.3 is 0 Å². The number of hydrogen-bond donors (Lipinski definition) is 0. The van der Waals surface area contributed by atoms with Gasteiger partial charge in [-0.25, -0.2) is 9.98 Å². The third-order valence-corrected chi connectivity index (χ3v) is 4.72. The van der Waals surface area contributed by atoms with E-state index in [4.69, 9.17) is 23.2 Å². The van der Waals surface area contributed by atoms with Crippen molar-refractivity contribution >= 4 is 72.0 Å². The Bertz CT molecular complexity index is 794. The Balaban J connectivity index is 1.98. The topological polar surface area (TPSA) is 25.2 Å². The Morgan fingerprint density at radius 3 is 2.65 bits per heavy atom. The Morgan fingerprint density at radius 1 is 1.15 bits per heavy atom. The summed E-state index contributed by atoms with van der Waals surface area (Å²) in [6, 6.07) is 11.3. The second kappa shape index (κ2) is 5.82. The normalized spacial score (nSPS) is 11.6. The van der Waals surface area contributed by atoms with Gasteiger partial charge in [-0.05, 0) is 30.3 Å². The maximum Gasteiger partial charge on any atom is 0.210 e. The third kappa shape index (κ3) is 2.88. The van der Waals surface area contributed by atoms with E-state index in [-0.39, 0.29) is 0 Å². The molecule has 20 heavy (non-hydrogen) atoms. The first-order valence-electron chi connectivity index (χ1n) is 5.67. The molecule has 0 atom stereocenters. The van der Waals surface area contributed by atoms with Gasteiger partial charge in [0.05, 0.1) is 20.3 Å². The van der Waals surface area contributed by atoms with E-state index in [0.29, 0.717) is 20.7 Å². The second-order valence-electron chi connectivity index (χ2n) is 4.00. The summed E-state index contributed by atoms with van der Waals surface area (Å²) < 4.78 is 2.11. The van der Waals surface area contributed by atoms with Crippen molar-refractivity contribution < 1.29 is 0 Å². The van der Waals surface area contributed by atoms with Gasteiger partial charge in [0.15, 0.2) is 0 Å². The van der Waals surface area contributed by atoms with Crippen LogP contribution in [0.1, 0.15) is 5.56 Å². The number of aliphatic imine (C=N–C) groups is 1. The zero-order chi connectivity index (χ0) is 14.1. The first-order chi connectivity index (χ1) is 9.63. The van der Waals surface area contributed by atoms with Gasteiger partial charge in [-0.1, -0.05) is 56.5 Å². The van der Waals surface area contributed by atoms with Crippen LogP contribution in [-0.4, -0.2) is 11.2 Å². The van der Waals surface area contributed by atoms with Gasteiger partial charge < -0.3 is 0 Å². The molecule has 2 nitrogen and oxygen atoms in total. The third-order valence-electron chi connectivity index (χ3n) is 2.64. The fraction of sp³-hybridized carbons (Fsp3) is 0. The Kier molecular flexibility index (Phi) is 4.08. The lowest BCUT2D eigenvalue weighted by molar-refractivity contribution is 1.41. The van der Waals surface area contributed by atoms with E-state index in [1.165, 1.54) is 11.3 Å². The van der Waals surface area contributed by atoms with Crippen molar-refractivity contribution in [2.24, 2.45) is 4.99 Å². The van der Waals surface area contributed by atoms with E-state index in [1.807, 2.05) is 18.2 Å². The molecule has 100 valence electrons. The SMILES string of the molecule is Clc1cccc(Cl)c1/C=N/c1nc2ccc(Br)cc2s1. The Labute approximate surface area is 138 Å². The van der Waals surface area contributed by atoms with Gasteiger partial charge in [0.2, 0.25) is 5.13 Å². The van der Waals surface area contributed by atoms with Crippen molar-refractivity contribution in [1.82, 2.24) is 4.98 Å². The van der Waals surface area contributed by atoms with Crippen LogP contribution in [0.4, 0.5) is 5.13 Å². The van der Waals surface area contributed by atoms with Crippen molar-refractivity contribution in [3.05, 3.63) is 56.5 Å². The molecule has 3 aromatic rings. The molecule has 0 N–H and O–H groups in total. The lowest BCUT2D eigenvalue weighted by Gasteiger charge is -1.98. The molecule has 2 aromatic carbocycles. The van der Waals surface area contributed by atoms with Crippen molar-refractivity contribution in [2.75, 3.05) is 0 Å². The van der Waals surface area contributed by atoms with Gasteiger partial charge in [0.1, 0.15) is 0 Å². The highest BCUT2D eigenvalue weighted by molar-refractivity contribution is 9.10. The van der Waals surface area contributed by atoms with E-state index >= 15 is 0 Å². The molecule has 0 bridgehead atoms. The summed E-state index contributed by atoms with van der Waals surface area (Å²) in [6.45, 7) is 0. The summed E-state index contributed by atoms with van der Waals surface area (Å²) in [7, 11) is 0. The van der Waals surface area contributed by atoms with E-state index < -0.39 is 0 Å². The van der Waals surface area contributed by atoms with Crippen LogP contribution < -0.4 is 0 Å². The van der Waals surface area contributed by atoms with E-state index in [1.54, 1.807) is 24.4 Å². The van der Waals surface area contributed by atoms with Crippen LogP contribution in [0.3, 0.4) is 0 Å². The van der Waals surface area contributed by atoms with Gasteiger partial charge in [0, 0.05) is 16.3 Å². The summed E-state index contributed by atoms with van der Waals surface area (Å²) >= 11 is 17.2. The zero-order valence-corrected chi connectivity index (χ0v) is 13.9. The predicted molar refractivity (Wildman–Crippen MR) is 91.0 cm³/mol. The Hall–Kier alpha value is -0.940. The second-order valence-corrected chi connectivity index (χ2v) is 6.74. The molecule has 0 fully saturated rings. The molecule has 6 heteroatoms. The number of fused-ring (bicyclic) bond motifs is 1. The highest BCUT2D eigenvalue weighted by Gasteiger charge is 2.05. The quantitative estimate of drug-likeness (QED) is 0.488. The minimum Gasteiger partial charge on any atom is -0.227 e.